The average Bonchev–Trinajstić information content (AvgIpc) is 3.14. The lowest BCUT2D eigenvalue weighted by molar-refractivity contribution is 0.0615. The van der Waals surface area contributed by atoms with E-state index in [1.807, 2.05) is 23.2 Å². The molecule has 1 aromatic heterocycles. The molecule has 1 N–H and O–H groups in total. The molecule has 0 spiro atoms. The molecule has 0 aliphatic carbocycles. The van der Waals surface area contributed by atoms with E-state index in [4.69, 9.17) is 4.74 Å². The van der Waals surface area contributed by atoms with Crippen LogP contribution in [0.3, 0.4) is 0 Å². The average molecular weight is 331 g/mol. The van der Waals surface area contributed by atoms with Crippen molar-refractivity contribution < 1.29 is 14.2 Å². The standard InChI is InChI=1S/C18H22FN3O2/c1-18(2)10-12-8-15(22-6-3-5-20-22)14(9-17(12)24-18)21-7-4-16(23)13(19)11-21/h3,5-6,8-9,13,16,23H,4,7,10-11H2,1-2H3. The summed E-state index contributed by atoms with van der Waals surface area (Å²) in [6.45, 7) is 4.92. The number of ether oxygens (including phenoxy) is 1. The Morgan fingerprint density at radius 3 is 2.88 bits per heavy atom. The van der Waals surface area contributed by atoms with Crippen LogP contribution in [0.15, 0.2) is 30.6 Å². The predicted molar refractivity (Wildman–Crippen MR) is 89.7 cm³/mol. The highest BCUT2D eigenvalue weighted by Gasteiger charge is 2.34. The van der Waals surface area contributed by atoms with Crippen molar-refractivity contribution in [3.05, 3.63) is 36.2 Å². The van der Waals surface area contributed by atoms with Crippen molar-refractivity contribution in [1.82, 2.24) is 9.78 Å². The number of halogens is 1. The largest absolute Gasteiger partial charge is 0.487 e. The second-order valence-corrected chi connectivity index (χ2v) is 7.26. The van der Waals surface area contributed by atoms with E-state index in [9.17, 15) is 9.50 Å². The van der Waals surface area contributed by atoms with Crippen LogP contribution in [0.2, 0.25) is 0 Å². The van der Waals surface area contributed by atoms with Crippen LogP contribution in [0.1, 0.15) is 25.8 Å². The van der Waals surface area contributed by atoms with Crippen molar-refractivity contribution in [2.45, 2.75) is 44.6 Å². The van der Waals surface area contributed by atoms with Gasteiger partial charge in [-0.1, -0.05) is 0 Å². The zero-order chi connectivity index (χ0) is 16.9. The zero-order valence-corrected chi connectivity index (χ0v) is 13.9. The first kappa shape index (κ1) is 15.4. The molecule has 6 heteroatoms. The molecule has 2 atom stereocenters. The van der Waals surface area contributed by atoms with Crippen molar-refractivity contribution in [2.24, 2.45) is 0 Å². The second kappa shape index (κ2) is 5.48. The van der Waals surface area contributed by atoms with Crippen LogP contribution in [-0.2, 0) is 6.42 Å². The maximum Gasteiger partial charge on any atom is 0.143 e. The van der Waals surface area contributed by atoms with Crippen molar-refractivity contribution in [2.75, 3.05) is 18.0 Å². The highest BCUT2D eigenvalue weighted by molar-refractivity contribution is 5.68. The summed E-state index contributed by atoms with van der Waals surface area (Å²) < 4.78 is 21.9. The molecule has 0 amide bonds. The Hall–Kier alpha value is -2.08. The van der Waals surface area contributed by atoms with Crippen LogP contribution < -0.4 is 9.64 Å². The molecule has 4 rings (SSSR count). The first-order chi connectivity index (χ1) is 11.4. The molecule has 0 saturated carbocycles. The molecule has 1 aromatic carbocycles. The molecule has 2 aliphatic rings. The lowest BCUT2D eigenvalue weighted by Gasteiger charge is -2.35. The van der Waals surface area contributed by atoms with Crippen molar-refractivity contribution in [1.29, 1.82) is 0 Å². The molecule has 2 aromatic rings. The molecule has 1 fully saturated rings. The minimum atomic E-state index is -1.24. The predicted octanol–water partition coefficient (Wildman–Crippen LogP) is 2.49. The molecule has 2 aliphatic heterocycles. The molecular formula is C18H22FN3O2. The summed E-state index contributed by atoms with van der Waals surface area (Å²) in [5, 5.41) is 14.0. The summed E-state index contributed by atoms with van der Waals surface area (Å²) in [7, 11) is 0. The number of nitrogens with zero attached hydrogens (tertiary/aromatic N) is 3. The summed E-state index contributed by atoms with van der Waals surface area (Å²) in [4.78, 5) is 1.98. The third-order valence-electron chi connectivity index (χ3n) is 4.76. The zero-order valence-electron chi connectivity index (χ0n) is 13.9. The van der Waals surface area contributed by atoms with Crippen molar-refractivity contribution in [3.63, 3.8) is 0 Å². The number of anilines is 1. The monoisotopic (exact) mass is 331 g/mol. The van der Waals surface area contributed by atoms with Crippen LogP contribution in [-0.4, -0.2) is 45.9 Å². The third-order valence-corrected chi connectivity index (χ3v) is 4.76. The van der Waals surface area contributed by atoms with Gasteiger partial charge in [0.05, 0.1) is 24.0 Å². The molecule has 5 nitrogen and oxygen atoms in total. The van der Waals surface area contributed by atoms with Gasteiger partial charge in [-0.2, -0.15) is 5.10 Å². The number of aromatic nitrogens is 2. The normalized spacial score (nSPS) is 25.4. The number of fused-ring (bicyclic) bond motifs is 1. The number of hydrogen-bond acceptors (Lipinski definition) is 4. The second-order valence-electron chi connectivity index (χ2n) is 7.26. The van der Waals surface area contributed by atoms with Gasteiger partial charge in [0.15, 0.2) is 0 Å². The molecule has 128 valence electrons. The number of hydrogen-bond donors (Lipinski definition) is 1. The number of rotatable bonds is 2. The fraction of sp³-hybridized carbons (Fsp3) is 0.500. The fourth-order valence-corrected chi connectivity index (χ4v) is 3.59. The van der Waals surface area contributed by atoms with Crippen LogP contribution in [0.5, 0.6) is 5.75 Å². The van der Waals surface area contributed by atoms with Gasteiger partial charge in [0.2, 0.25) is 0 Å². The number of aliphatic hydroxyl groups excluding tert-OH is 1. The van der Waals surface area contributed by atoms with Gasteiger partial charge in [-0.15, -0.1) is 0 Å². The van der Waals surface area contributed by atoms with Gasteiger partial charge in [-0.05, 0) is 32.4 Å². The number of aliphatic hydroxyl groups is 1. The fourth-order valence-electron chi connectivity index (χ4n) is 3.59. The van der Waals surface area contributed by atoms with Gasteiger partial charge in [0.25, 0.3) is 0 Å². The third kappa shape index (κ3) is 2.65. The summed E-state index contributed by atoms with van der Waals surface area (Å²) in [5.41, 5.74) is 2.72. The summed E-state index contributed by atoms with van der Waals surface area (Å²) in [5.74, 6) is 0.854. The summed E-state index contributed by atoms with van der Waals surface area (Å²) >= 11 is 0. The lowest BCUT2D eigenvalue weighted by atomic mass is 10.00. The smallest absolute Gasteiger partial charge is 0.143 e. The molecule has 1 saturated heterocycles. The van der Waals surface area contributed by atoms with E-state index in [1.54, 1.807) is 10.9 Å². The molecule has 3 heterocycles. The Morgan fingerprint density at radius 1 is 1.33 bits per heavy atom. The number of piperidine rings is 1. The van der Waals surface area contributed by atoms with Crippen LogP contribution >= 0.6 is 0 Å². The van der Waals surface area contributed by atoms with Crippen LogP contribution in [0.4, 0.5) is 10.1 Å². The van der Waals surface area contributed by atoms with Gasteiger partial charge >= 0.3 is 0 Å². The Bertz CT molecular complexity index is 745. The summed E-state index contributed by atoms with van der Waals surface area (Å²) in [6.07, 6.45) is 2.76. The minimum absolute atomic E-state index is 0.178. The van der Waals surface area contributed by atoms with E-state index in [0.717, 1.165) is 29.1 Å². The van der Waals surface area contributed by atoms with E-state index in [-0.39, 0.29) is 12.1 Å². The lowest BCUT2D eigenvalue weighted by Crippen LogP contribution is -2.45. The Balaban J connectivity index is 1.78. The molecule has 24 heavy (non-hydrogen) atoms. The maximum atomic E-state index is 14.0. The molecule has 0 bridgehead atoms. The topological polar surface area (TPSA) is 50.5 Å². The highest BCUT2D eigenvalue weighted by atomic mass is 19.1. The van der Waals surface area contributed by atoms with Gasteiger partial charge in [0, 0.05) is 37.0 Å². The quantitative estimate of drug-likeness (QED) is 0.919. The van der Waals surface area contributed by atoms with E-state index >= 15 is 0 Å². The van der Waals surface area contributed by atoms with Crippen molar-refractivity contribution >= 4 is 5.69 Å². The number of benzene rings is 1. The maximum absolute atomic E-state index is 14.0. The molecular weight excluding hydrogens is 309 g/mol. The minimum Gasteiger partial charge on any atom is -0.487 e. The molecule has 0 radical (unpaired) electrons. The Labute approximate surface area is 140 Å². The van der Waals surface area contributed by atoms with E-state index < -0.39 is 12.3 Å². The first-order valence-electron chi connectivity index (χ1n) is 8.36. The van der Waals surface area contributed by atoms with Crippen LogP contribution in [0.25, 0.3) is 5.69 Å². The van der Waals surface area contributed by atoms with Crippen molar-refractivity contribution in [3.8, 4) is 11.4 Å². The number of alkyl halides is 1. The van der Waals surface area contributed by atoms with E-state index in [2.05, 4.69) is 25.0 Å². The first-order valence-corrected chi connectivity index (χ1v) is 8.36. The Morgan fingerprint density at radius 2 is 2.17 bits per heavy atom. The molecule has 2 unspecified atom stereocenters. The van der Waals surface area contributed by atoms with Gasteiger partial charge in [0.1, 0.15) is 17.5 Å². The van der Waals surface area contributed by atoms with Gasteiger partial charge in [-0.25, -0.2) is 9.07 Å². The summed E-state index contributed by atoms with van der Waals surface area (Å²) in [6, 6.07) is 5.95. The Kier molecular flexibility index (Phi) is 3.53. The van der Waals surface area contributed by atoms with E-state index in [0.29, 0.717) is 13.0 Å². The van der Waals surface area contributed by atoms with Gasteiger partial charge in [-0.3, -0.25) is 0 Å². The van der Waals surface area contributed by atoms with E-state index in [1.165, 1.54) is 0 Å². The highest BCUT2D eigenvalue weighted by Crippen LogP contribution is 2.41. The van der Waals surface area contributed by atoms with Gasteiger partial charge < -0.3 is 14.7 Å². The SMILES string of the molecule is CC1(C)Cc2cc(-n3cccn3)c(N3CCC(O)C(F)C3)cc2O1. The van der Waals surface area contributed by atoms with Crippen LogP contribution in [0, 0.1) is 0 Å².